The number of urea groups is 1. The number of carbonyl (C=O) groups excluding carboxylic acids is 1. The normalized spacial score (nSPS) is 24.0. The quantitative estimate of drug-likeness (QED) is 0.779. The van der Waals surface area contributed by atoms with Crippen LogP contribution in [0.2, 0.25) is 0 Å². The number of hydrogen-bond donors (Lipinski definition) is 2. The number of piperidine rings is 2. The summed E-state index contributed by atoms with van der Waals surface area (Å²) in [7, 11) is 1.68. The molecule has 2 amide bonds. The number of fused-ring (bicyclic) bond motifs is 2. The van der Waals surface area contributed by atoms with Gasteiger partial charge in [-0.1, -0.05) is 24.6 Å². The molecule has 2 unspecified atom stereocenters. The molecule has 2 heterocycles. The van der Waals surface area contributed by atoms with E-state index in [1.165, 1.54) is 24.1 Å². The number of hydrogen-bond acceptors (Lipinski definition) is 3. The number of methoxy groups -OCH3 is 1. The Morgan fingerprint density at radius 3 is 2.52 bits per heavy atom. The van der Waals surface area contributed by atoms with E-state index in [-0.39, 0.29) is 17.9 Å². The first-order valence-electron chi connectivity index (χ1n) is 10.3. The first-order chi connectivity index (χ1) is 14.1. The zero-order valence-corrected chi connectivity index (χ0v) is 16.7. The lowest BCUT2D eigenvalue weighted by Gasteiger charge is -2.49. The van der Waals surface area contributed by atoms with E-state index < -0.39 is 0 Å². The molecular weight excluding hydrogens is 369 g/mol. The van der Waals surface area contributed by atoms with Gasteiger partial charge in [-0.3, -0.25) is 4.90 Å². The number of carbonyl (C=O) groups is 1. The number of ether oxygens (including phenoxy) is 1. The summed E-state index contributed by atoms with van der Waals surface area (Å²) in [5.41, 5.74) is 1.76. The minimum atomic E-state index is -0.357. The van der Waals surface area contributed by atoms with Gasteiger partial charge in [0.1, 0.15) is 11.6 Å². The standard InChI is InChI=1S/C23H28FN3O2/c1-29-22-10-8-16(9-11-22)15-27-20-6-3-7-21(27)14-19(13-20)26-23(28)25-18-5-2-4-17(24)12-18/h2,4-5,8-12,19-21H,3,6-7,13-15H2,1H3,(H2,25,26,28). The Morgan fingerprint density at radius 2 is 1.86 bits per heavy atom. The monoisotopic (exact) mass is 397 g/mol. The largest absolute Gasteiger partial charge is 0.497 e. The van der Waals surface area contributed by atoms with Gasteiger partial charge in [-0.2, -0.15) is 0 Å². The maximum absolute atomic E-state index is 13.3. The summed E-state index contributed by atoms with van der Waals surface area (Å²) >= 11 is 0. The molecule has 2 saturated heterocycles. The molecule has 0 aromatic heterocycles. The van der Waals surface area contributed by atoms with Gasteiger partial charge in [-0.25, -0.2) is 9.18 Å². The van der Waals surface area contributed by atoms with Gasteiger partial charge >= 0.3 is 6.03 Å². The van der Waals surface area contributed by atoms with Crippen LogP contribution in [0.3, 0.4) is 0 Å². The van der Waals surface area contributed by atoms with Crippen LogP contribution in [0.15, 0.2) is 48.5 Å². The minimum absolute atomic E-state index is 0.144. The zero-order chi connectivity index (χ0) is 20.2. The molecule has 0 spiro atoms. The second-order valence-corrected chi connectivity index (χ2v) is 8.04. The van der Waals surface area contributed by atoms with E-state index in [2.05, 4.69) is 27.7 Å². The molecular formula is C23H28FN3O2. The summed E-state index contributed by atoms with van der Waals surface area (Å²) < 4.78 is 18.6. The molecule has 6 heteroatoms. The van der Waals surface area contributed by atoms with Crippen molar-refractivity contribution in [2.75, 3.05) is 12.4 Å². The van der Waals surface area contributed by atoms with Crippen molar-refractivity contribution >= 4 is 11.7 Å². The molecule has 0 radical (unpaired) electrons. The van der Waals surface area contributed by atoms with E-state index in [0.717, 1.165) is 38.0 Å². The van der Waals surface area contributed by atoms with Crippen LogP contribution in [-0.4, -0.2) is 36.2 Å². The van der Waals surface area contributed by atoms with E-state index in [1.54, 1.807) is 19.2 Å². The highest BCUT2D eigenvalue weighted by Crippen LogP contribution is 2.35. The minimum Gasteiger partial charge on any atom is -0.497 e. The lowest BCUT2D eigenvalue weighted by molar-refractivity contribution is 0.0200. The van der Waals surface area contributed by atoms with Crippen molar-refractivity contribution in [3.8, 4) is 5.75 Å². The van der Waals surface area contributed by atoms with Gasteiger partial charge in [0.25, 0.3) is 0 Å². The Bertz CT molecular complexity index is 828. The average molecular weight is 397 g/mol. The summed E-state index contributed by atoms with van der Waals surface area (Å²) in [4.78, 5) is 15.0. The van der Waals surface area contributed by atoms with E-state index in [9.17, 15) is 9.18 Å². The molecule has 154 valence electrons. The Hall–Kier alpha value is -2.60. The fraction of sp³-hybridized carbons (Fsp3) is 0.435. The fourth-order valence-corrected chi connectivity index (χ4v) is 4.72. The highest BCUT2D eigenvalue weighted by Gasteiger charge is 2.38. The van der Waals surface area contributed by atoms with E-state index in [1.807, 2.05) is 12.1 Å². The molecule has 2 N–H and O–H groups in total. The van der Waals surface area contributed by atoms with Crippen LogP contribution in [0.1, 0.15) is 37.7 Å². The second-order valence-electron chi connectivity index (χ2n) is 8.04. The summed E-state index contributed by atoms with van der Waals surface area (Å²) in [5.74, 6) is 0.519. The number of nitrogens with one attached hydrogen (secondary N) is 2. The van der Waals surface area contributed by atoms with Crippen LogP contribution in [0.25, 0.3) is 0 Å². The molecule has 0 saturated carbocycles. The van der Waals surface area contributed by atoms with Crippen LogP contribution in [0, 0.1) is 5.82 Å². The van der Waals surface area contributed by atoms with Gasteiger partial charge in [-0.15, -0.1) is 0 Å². The number of anilines is 1. The Balaban J connectivity index is 1.35. The highest BCUT2D eigenvalue weighted by molar-refractivity contribution is 5.89. The van der Waals surface area contributed by atoms with Crippen molar-refractivity contribution in [3.05, 3.63) is 59.9 Å². The second kappa shape index (κ2) is 8.82. The smallest absolute Gasteiger partial charge is 0.319 e. The van der Waals surface area contributed by atoms with Crippen molar-refractivity contribution in [2.24, 2.45) is 0 Å². The van der Waals surface area contributed by atoms with Crippen LogP contribution >= 0.6 is 0 Å². The summed E-state index contributed by atoms with van der Waals surface area (Å²) in [6, 6.07) is 15.1. The van der Waals surface area contributed by atoms with Crippen molar-refractivity contribution in [2.45, 2.75) is 56.8 Å². The summed E-state index contributed by atoms with van der Waals surface area (Å²) in [5, 5.41) is 5.84. The third kappa shape index (κ3) is 4.88. The predicted octanol–water partition coefficient (Wildman–Crippen LogP) is 4.54. The molecule has 2 atom stereocenters. The molecule has 2 fully saturated rings. The topological polar surface area (TPSA) is 53.6 Å². The van der Waals surface area contributed by atoms with Gasteiger partial charge in [-0.05, 0) is 61.6 Å². The molecule has 4 rings (SSSR count). The third-order valence-corrected chi connectivity index (χ3v) is 6.07. The van der Waals surface area contributed by atoms with Crippen LogP contribution in [0.5, 0.6) is 5.75 Å². The van der Waals surface area contributed by atoms with Crippen molar-refractivity contribution in [1.82, 2.24) is 10.2 Å². The first kappa shape index (κ1) is 19.7. The van der Waals surface area contributed by atoms with Crippen LogP contribution < -0.4 is 15.4 Å². The van der Waals surface area contributed by atoms with Gasteiger partial charge in [0, 0.05) is 30.4 Å². The predicted molar refractivity (Wildman–Crippen MR) is 112 cm³/mol. The SMILES string of the molecule is COc1ccc(CN2C3CCCC2CC(NC(=O)Nc2cccc(F)c2)C3)cc1. The highest BCUT2D eigenvalue weighted by atomic mass is 19.1. The maximum atomic E-state index is 13.3. The van der Waals surface area contributed by atoms with E-state index in [4.69, 9.17) is 4.74 Å². The molecule has 2 aliphatic heterocycles. The summed E-state index contributed by atoms with van der Waals surface area (Å²) in [6.45, 7) is 0.932. The molecule has 2 aliphatic rings. The Kier molecular flexibility index (Phi) is 6.00. The van der Waals surface area contributed by atoms with E-state index >= 15 is 0 Å². The van der Waals surface area contributed by atoms with Gasteiger partial charge in [0.2, 0.25) is 0 Å². The Labute approximate surface area is 171 Å². The first-order valence-corrected chi connectivity index (χ1v) is 10.3. The average Bonchev–Trinajstić information content (AvgIpc) is 2.69. The molecule has 29 heavy (non-hydrogen) atoms. The number of benzene rings is 2. The third-order valence-electron chi connectivity index (χ3n) is 6.07. The van der Waals surface area contributed by atoms with Crippen LogP contribution in [0.4, 0.5) is 14.9 Å². The molecule has 2 bridgehead atoms. The van der Waals surface area contributed by atoms with Crippen molar-refractivity contribution in [3.63, 3.8) is 0 Å². The fourth-order valence-electron chi connectivity index (χ4n) is 4.72. The number of nitrogens with zero attached hydrogens (tertiary/aromatic N) is 1. The van der Waals surface area contributed by atoms with E-state index in [0.29, 0.717) is 17.8 Å². The lowest BCUT2D eigenvalue weighted by atomic mass is 9.81. The van der Waals surface area contributed by atoms with Gasteiger partial charge in [0.05, 0.1) is 7.11 Å². The van der Waals surface area contributed by atoms with Crippen molar-refractivity contribution < 1.29 is 13.9 Å². The summed E-state index contributed by atoms with van der Waals surface area (Å²) in [6.07, 6.45) is 5.47. The molecule has 0 aliphatic carbocycles. The zero-order valence-electron chi connectivity index (χ0n) is 16.7. The molecule has 2 aromatic carbocycles. The maximum Gasteiger partial charge on any atom is 0.319 e. The number of amides is 2. The Morgan fingerprint density at radius 1 is 1.14 bits per heavy atom. The number of rotatable bonds is 5. The molecule has 2 aromatic rings. The van der Waals surface area contributed by atoms with Crippen molar-refractivity contribution in [1.29, 1.82) is 0 Å². The van der Waals surface area contributed by atoms with Crippen LogP contribution in [-0.2, 0) is 6.54 Å². The lowest BCUT2D eigenvalue weighted by Crippen LogP contribution is -2.56. The number of halogens is 1. The van der Waals surface area contributed by atoms with Gasteiger partial charge in [0.15, 0.2) is 0 Å². The molecule has 5 nitrogen and oxygen atoms in total. The van der Waals surface area contributed by atoms with Gasteiger partial charge < -0.3 is 15.4 Å².